The smallest absolute Gasteiger partial charge is 0.251 e. The van der Waals surface area contributed by atoms with E-state index in [1.807, 2.05) is 28.9 Å². The predicted octanol–water partition coefficient (Wildman–Crippen LogP) is 3.38. The van der Waals surface area contributed by atoms with Crippen LogP contribution in [0.3, 0.4) is 0 Å². The van der Waals surface area contributed by atoms with Crippen LogP contribution in [0.5, 0.6) is 0 Å². The van der Waals surface area contributed by atoms with E-state index in [4.69, 9.17) is 0 Å². The minimum atomic E-state index is -0.203. The number of halogens is 1. The largest absolute Gasteiger partial charge is 0.346 e. The van der Waals surface area contributed by atoms with Crippen molar-refractivity contribution in [2.24, 2.45) is 5.92 Å². The number of carbonyl (C=O) groups is 2. The van der Waals surface area contributed by atoms with Gasteiger partial charge in [-0.1, -0.05) is 6.07 Å². The molecule has 132 valence electrons. The van der Waals surface area contributed by atoms with Gasteiger partial charge in [-0.15, -0.1) is 0 Å². The van der Waals surface area contributed by atoms with Gasteiger partial charge in [0.25, 0.3) is 5.91 Å². The van der Waals surface area contributed by atoms with Crippen LogP contribution in [0.15, 0.2) is 53.3 Å². The summed E-state index contributed by atoms with van der Waals surface area (Å²) in [6.45, 7) is 0.330. The summed E-state index contributed by atoms with van der Waals surface area (Å²) in [6, 6.07) is 10.8. The summed E-state index contributed by atoms with van der Waals surface area (Å²) in [4.78, 5) is 28.7. The number of nitrogens with zero attached hydrogens (tertiary/aromatic N) is 2. The van der Waals surface area contributed by atoms with Crippen LogP contribution in [0, 0.1) is 5.92 Å². The van der Waals surface area contributed by atoms with Crippen LogP contribution < -0.4 is 10.6 Å². The Morgan fingerprint density at radius 3 is 2.85 bits per heavy atom. The topological polar surface area (TPSA) is 75.5 Å². The highest BCUT2D eigenvalue weighted by molar-refractivity contribution is 9.10. The molecule has 2 amide bonds. The molecule has 2 heterocycles. The van der Waals surface area contributed by atoms with E-state index in [0.29, 0.717) is 17.8 Å². The lowest BCUT2D eigenvalue weighted by atomic mass is 10.2. The quantitative estimate of drug-likeness (QED) is 0.674. The first-order valence-electron chi connectivity index (χ1n) is 8.41. The van der Waals surface area contributed by atoms with Crippen molar-refractivity contribution in [2.45, 2.75) is 19.4 Å². The van der Waals surface area contributed by atoms with Gasteiger partial charge in [0.1, 0.15) is 5.65 Å². The fourth-order valence-electron chi connectivity index (χ4n) is 2.70. The van der Waals surface area contributed by atoms with Crippen LogP contribution in [0.2, 0.25) is 0 Å². The number of anilines is 1. The monoisotopic (exact) mass is 412 g/mol. The molecular formula is C19H17BrN4O2. The standard InChI is InChI=1S/C19H17BrN4O2/c20-14-6-7-17-22-16(11-24(17)10-14)9-21-18(25)13-2-1-3-15(8-13)23-19(26)12-4-5-12/h1-3,6-8,10-12H,4-5,9H2,(H,21,25)(H,23,26). The molecule has 0 spiro atoms. The van der Waals surface area contributed by atoms with Crippen molar-refractivity contribution in [3.8, 4) is 0 Å². The number of imidazole rings is 1. The first-order valence-corrected chi connectivity index (χ1v) is 9.20. The molecule has 2 N–H and O–H groups in total. The molecule has 0 atom stereocenters. The van der Waals surface area contributed by atoms with Gasteiger partial charge < -0.3 is 15.0 Å². The van der Waals surface area contributed by atoms with E-state index in [-0.39, 0.29) is 17.7 Å². The molecule has 6 nitrogen and oxygen atoms in total. The molecule has 0 bridgehead atoms. The van der Waals surface area contributed by atoms with Crippen LogP contribution in [-0.4, -0.2) is 21.2 Å². The average molecular weight is 413 g/mol. The normalized spacial score (nSPS) is 13.6. The molecule has 0 radical (unpaired) electrons. The Labute approximate surface area is 158 Å². The van der Waals surface area contributed by atoms with Crippen molar-refractivity contribution in [3.63, 3.8) is 0 Å². The van der Waals surface area contributed by atoms with Gasteiger partial charge in [-0.25, -0.2) is 4.98 Å². The number of benzene rings is 1. The number of amides is 2. The minimum absolute atomic E-state index is 0.0263. The third-order valence-electron chi connectivity index (χ3n) is 4.24. The third-order valence-corrected chi connectivity index (χ3v) is 4.70. The van der Waals surface area contributed by atoms with Gasteiger partial charge in [0, 0.05) is 34.0 Å². The highest BCUT2D eigenvalue weighted by Gasteiger charge is 2.29. The Morgan fingerprint density at radius 1 is 1.19 bits per heavy atom. The van der Waals surface area contributed by atoms with E-state index in [1.165, 1.54) is 0 Å². The van der Waals surface area contributed by atoms with Crippen LogP contribution >= 0.6 is 15.9 Å². The summed E-state index contributed by atoms with van der Waals surface area (Å²) < 4.78 is 2.86. The zero-order valence-corrected chi connectivity index (χ0v) is 15.5. The first-order chi connectivity index (χ1) is 12.6. The molecule has 0 aliphatic heterocycles. The lowest BCUT2D eigenvalue weighted by Crippen LogP contribution is -2.23. The summed E-state index contributed by atoms with van der Waals surface area (Å²) in [7, 11) is 0. The number of hydrogen-bond donors (Lipinski definition) is 2. The number of hydrogen-bond acceptors (Lipinski definition) is 3. The first kappa shape index (κ1) is 16.8. The second-order valence-electron chi connectivity index (χ2n) is 6.37. The number of nitrogens with one attached hydrogen (secondary N) is 2. The van der Waals surface area contributed by atoms with Crippen LogP contribution in [0.1, 0.15) is 28.9 Å². The summed E-state index contributed by atoms with van der Waals surface area (Å²) in [5.74, 6) is -0.0493. The van der Waals surface area contributed by atoms with Gasteiger partial charge in [-0.05, 0) is 59.1 Å². The Kier molecular flexibility index (Phi) is 4.46. The summed E-state index contributed by atoms with van der Waals surface area (Å²) in [5, 5.41) is 5.72. The SMILES string of the molecule is O=C(NCc1cn2cc(Br)ccc2n1)c1cccc(NC(=O)C2CC2)c1. The van der Waals surface area contributed by atoms with E-state index in [1.54, 1.807) is 24.3 Å². The van der Waals surface area contributed by atoms with E-state index in [0.717, 1.165) is 28.7 Å². The maximum absolute atomic E-state index is 12.4. The van der Waals surface area contributed by atoms with Gasteiger partial charge >= 0.3 is 0 Å². The Bertz CT molecular complexity index is 994. The molecule has 1 aromatic carbocycles. The fraction of sp³-hybridized carbons (Fsp3) is 0.211. The Balaban J connectivity index is 1.41. The maximum Gasteiger partial charge on any atom is 0.251 e. The van der Waals surface area contributed by atoms with Gasteiger partial charge in [0.05, 0.1) is 12.2 Å². The molecule has 1 fully saturated rings. The molecule has 0 unspecified atom stereocenters. The van der Waals surface area contributed by atoms with Gasteiger partial charge in [0.2, 0.25) is 5.91 Å². The lowest BCUT2D eigenvalue weighted by Gasteiger charge is -2.07. The molecular weight excluding hydrogens is 396 g/mol. The number of fused-ring (bicyclic) bond motifs is 1. The van der Waals surface area contributed by atoms with Gasteiger partial charge in [-0.3, -0.25) is 9.59 Å². The van der Waals surface area contributed by atoms with Crippen molar-refractivity contribution in [1.82, 2.24) is 14.7 Å². The molecule has 1 saturated carbocycles. The minimum Gasteiger partial charge on any atom is -0.346 e. The van der Waals surface area contributed by atoms with Crippen molar-refractivity contribution in [1.29, 1.82) is 0 Å². The van der Waals surface area contributed by atoms with Crippen LogP contribution in [0.4, 0.5) is 5.69 Å². The van der Waals surface area contributed by atoms with Crippen molar-refractivity contribution >= 4 is 39.1 Å². The molecule has 3 aromatic rings. The Hall–Kier alpha value is -2.67. The summed E-state index contributed by atoms with van der Waals surface area (Å²) in [6.07, 6.45) is 5.69. The number of carbonyl (C=O) groups excluding carboxylic acids is 2. The maximum atomic E-state index is 12.4. The molecule has 1 aliphatic carbocycles. The summed E-state index contributed by atoms with van der Waals surface area (Å²) in [5.41, 5.74) is 2.74. The molecule has 2 aromatic heterocycles. The lowest BCUT2D eigenvalue weighted by molar-refractivity contribution is -0.117. The molecule has 7 heteroatoms. The number of aromatic nitrogens is 2. The van der Waals surface area contributed by atoms with Crippen molar-refractivity contribution in [2.75, 3.05) is 5.32 Å². The average Bonchev–Trinajstić information content (AvgIpc) is 3.40. The van der Waals surface area contributed by atoms with Crippen LogP contribution in [-0.2, 0) is 11.3 Å². The van der Waals surface area contributed by atoms with E-state index in [2.05, 4.69) is 31.5 Å². The third kappa shape index (κ3) is 3.77. The number of rotatable bonds is 5. The highest BCUT2D eigenvalue weighted by atomic mass is 79.9. The fourth-order valence-corrected chi connectivity index (χ4v) is 3.06. The van der Waals surface area contributed by atoms with E-state index in [9.17, 15) is 9.59 Å². The van der Waals surface area contributed by atoms with Crippen molar-refractivity contribution < 1.29 is 9.59 Å². The van der Waals surface area contributed by atoms with E-state index >= 15 is 0 Å². The second kappa shape index (κ2) is 6.92. The van der Waals surface area contributed by atoms with Crippen molar-refractivity contribution in [3.05, 3.63) is 64.5 Å². The molecule has 4 rings (SSSR count). The second-order valence-corrected chi connectivity index (χ2v) is 7.29. The van der Waals surface area contributed by atoms with Crippen LogP contribution in [0.25, 0.3) is 5.65 Å². The Morgan fingerprint density at radius 2 is 2.04 bits per heavy atom. The zero-order chi connectivity index (χ0) is 18.1. The van der Waals surface area contributed by atoms with Gasteiger partial charge in [0.15, 0.2) is 0 Å². The van der Waals surface area contributed by atoms with E-state index < -0.39 is 0 Å². The number of pyridine rings is 1. The predicted molar refractivity (Wildman–Crippen MR) is 102 cm³/mol. The molecule has 26 heavy (non-hydrogen) atoms. The highest BCUT2D eigenvalue weighted by Crippen LogP contribution is 2.30. The van der Waals surface area contributed by atoms with Gasteiger partial charge in [-0.2, -0.15) is 0 Å². The summed E-state index contributed by atoms with van der Waals surface area (Å²) >= 11 is 3.42. The zero-order valence-electron chi connectivity index (χ0n) is 13.9. The molecule has 0 saturated heterocycles. The molecule has 1 aliphatic rings.